The van der Waals surface area contributed by atoms with E-state index in [1.807, 2.05) is 6.07 Å². The van der Waals surface area contributed by atoms with Gasteiger partial charge in [0.15, 0.2) is 0 Å². The minimum Gasteiger partial charge on any atom is -0.399 e. The van der Waals surface area contributed by atoms with Crippen molar-refractivity contribution in [2.45, 2.75) is 19.4 Å². The van der Waals surface area contributed by atoms with Crippen LogP contribution in [0.1, 0.15) is 24.1 Å². The fourth-order valence-corrected chi connectivity index (χ4v) is 1.98. The van der Waals surface area contributed by atoms with E-state index in [0.717, 1.165) is 18.7 Å². The van der Waals surface area contributed by atoms with Gasteiger partial charge in [-0.2, -0.15) is 0 Å². The van der Waals surface area contributed by atoms with Crippen LogP contribution in [0.25, 0.3) is 0 Å². The van der Waals surface area contributed by atoms with E-state index in [9.17, 15) is 0 Å². The molecule has 2 rings (SSSR count). The Hall–Kier alpha value is -0.540. The lowest BCUT2D eigenvalue weighted by atomic mass is 9.94. The maximum Gasteiger partial charge on any atom is 0.0319 e. The summed E-state index contributed by atoms with van der Waals surface area (Å²) in [5.41, 5.74) is 9.49. The van der Waals surface area contributed by atoms with E-state index in [-0.39, 0.29) is 17.0 Å². The molecule has 1 atom stereocenters. The van der Waals surface area contributed by atoms with E-state index >= 15 is 0 Å². The van der Waals surface area contributed by atoms with E-state index in [0.29, 0.717) is 6.04 Å². The Morgan fingerprint density at radius 1 is 1.43 bits per heavy atom. The number of hydrogen-bond acceptors (Lipinski definition) is 2. The highest BCUT2D eigenvalue weighted by Crippen LogP contribution is 2.28. The molecule has 0 spiro atoms. The first-order valence-corrected chi connectivity index (χ1v) is 4.77. The Labute approximate surface area is 95.9 Å². The molecular weight excluding hydrogens is 240 g/mol. The van der Waals surface area contributed by atoms with Crippen LogP contribution in [-0.4, -0.2) is 18.5 Å². The molecule has 1 heterocycles. The minimum absolute atomic E-state index is 0. The summed E-state index contributed by atoms with van der Waals surface area (Å²) >= 11 is 0. The number of hydrogen-bond donors (Lipinski definition) is 1. The number of halogens is 1. The molecule has 0 saturated heterocycles. The number of anilines is 1. The first-order valence-electron chi connectivity index (χ1n) is 4.77. The Bertz CT molecular complexity index is 325. The number of benzene rings is 1. The highest BCUT2D eigenvalue weighted by molar-refractivity contribution is 8.93. The van der Waals surface area contributed by atoms with Crippen LogP contribution in [0.15, 0.2) is 18.2 Å². The topological polar surface area (TPSA) is 29.3 Å². The van der Waals surface area contributed by atoms with Crippen molar-refractivity contribution in [3.05, 3.63) is 29.3 Å². The molecule has 0 aromatic heterocycles. The second kappa shape index (κ2) is 4.32. The van der Waals surface area contributed by atoms with E-state index in [1.165, 1.54) is 11.1 Å². The van der Waals surface area contributed by atoms with Crippen molar-refractivity contribution >= 4 is 22.7 Å². The molecule has 1 aromatic rings. The van der Waals surface area contributed by atoms with Gasteiger partial charge in [0.25, 0.3) is 0 Å². The zero-order chi connectivity index (χ0) is 9.42. The third-order valence-corrected chi connectivity index (χ3v) is 3.01. The second-order valence-corrected chi connectivity index (χ2v) is 3.86. The predicted molar refractivity (Wildman–Crippen MR) is 65.9 cm³/mol. The van der Waals surface area contributed by atoms with Crippen LogP contribution in [0.2, 0.25) is 0 Å². The summed E-state index contributed by atoms with van der Waals surface area (Å²) in [6, 6.07) is 6.79. The summed E-state index contributed by atoms with van der Waals surface area (Å²) in [6.45, 7) is 3.38. The van der Waals surface area contributed by atoms with Crippen LogP contribution in [-0.2, 0) is 6.42 Å². The lowest BCUT2D eigenvalue weighted by Crippen LogP contribution is -2.30. The van der Waals surface area contributed by atoms with Crippen LogP contribution in [0.4, 0.5) is 5.69 Å². The molecule has 1 unspecified atom stereocenters. The van der Waals surface area contributed by atoms with E-state index in [2.05, 4.69) is 31.0 Å². The lowest BCUT2D eigenvalue weighted by Gasteiger charge is -2.32. The van der Waals surface area contributed by atoms with Crippen LogP contribution in [0, 0.1) is 0 Å². The minimum atomic E-state index is 0. The average molecular weight is 257 g/mol. The summed E-state index contributed by atoms with van der Waals surface area (Å²) in [4.78, 5) is 2.37. The third-order valence-electron chi connectivity index (χ3n) is 3.01. The van der Waals surface area contributed by atoms with E-state index in [1.54, 1.807) is 0 Å². The third kappa shape index (κ3) is 1.93. The fraction of sp³-hybridized carbons (Fsp3) is 0.455. The van der Waals surface area contributed by atoms with Gasteiger partial charge in [-0.1, -0.05) is 6.07 Å². The zero-order valence-corrected chi connectivity index (χ0v) is 10.4. The quantitative estimate of drug-likeness (QED) is 0.723. The lowest BCUT2D eigenvalue weighted by molar-refractivity contribution is 0.247. The monoisotopic (exact) mass is 256 g/mol. The van der Waals surface area contributed by atoms with Gasteiger partial charge in [0.1, 0.15) is 0 Å². The number of nitrogen functional groups attached to an aromatic ring is 1. The molecule has 2 N–H and O–H groups in total. The smallest absolute Gasteiger partial charge is 0.0319 e. The Morgan fingerprint density at radius 3 is 2.86 bits per heavy atom. The van der Waals surface area contributed by atoms with Crippen LogP contribution in [0.5, 0.6) is 0 Å². The summed E-state index contributed by atoms with van der Waals surface area (Å²) in [6.07, 6.45) is 1.13. The number of likely N-dealkylation sites (N-methyl/N-ethyl adjacent to an activating group) is 1. The molecule has 78 valence electrons. The molecule has 0 amide bonds. The summed E-state index contributed by atoms with van der Waals surface area (Å²) in [5.74, 6) is 0. The maximum absolute atomic E-state index is 5.75. The van der Waals surface area contributed by atoms with Crippen molar-refractivity contribution in [1.29, 1.82) is 0 Å². The SMILES string of the molecule is Br.CC1c2ccc(N)cc2CCN1C. The highest BCUT2D eigenvalue weighted by Gasteiger charge is 2.20. The van der Waals surface area contributed by atoms with Gasteiger partial charge < -0.3 is 5.73 Å². The van der Waals surface area contributed by atoms with Crippen molar-refractivity contribution in [1.82, 2.24) is 4.90 Å². The fourth-order valence-electron chi connectivity index (χ4n) is 1.98. The number of nitrogens with zero attached hydrogens (tertiary/aromatic N) is 1. The van der Waals surface area contributed by atoms with Gasteiger partial charge in [-0.15, -0.1) is 17.0 Å². The molecule has 0 bridgehead atoms. The predicted octanol–water partition coefficient (Wildman–Crippen LogP) is 2.40. The standard InChI is InChI=1S/C11H16N2.BrH/c1-8-11-4-3-10(12)7-9(11)5-6-13(8)2;/h3-4,7-8H,5-6,12H2,1-2H3;1H. The molecule has 1 aliphatic rings. The Morgan fingerprint density at radius 2 is 2.14 bits per heavy atom. The molecule has 2 nitrogen and oxygen atoms in total. The summed E-state index contributed by atoms with van der Waals surface area (Å²) in [7, 11) is 2.17. The first kappa shape index (κ1) is 11.5. The molecule has 1 aliphatic heterocycles. The van der Waals surface area contributed by atoms with Gasteiger partial charge in [-0.05, 0) is 43.7 Å². The van der Waals surface area contributed by atoms with Gasteiger partial charge in [-0.25, -0.2) is 0 Å². The van der Waals surface area contributed by atoms with Crippen molar-refractivity contribution in [2.75, 3.05) is 19.3 Å². The average Bonchev–Trinajstić information content (AvgIpc) is 2.12. The molecule has 0 fully saturated rings. The Kier molecular flexibility index (Phi) is 3.56. The molecule has 3 heteroatoms. The van der Waals surface area contributed by atoms with Crippen LogP contribution < -0.4 is 5.73 Å². The van der Waals surface area contributed by atoms with Gasteiger partial charge in [0.2, 0.25) is 0 Å². The molecule has 0 aliphatic carbocycles. The van der Waals surface area contributed by atoms with Gasteiger partial charge >= 0.3 is 0 Å². The molecule has 0 saturated carbocycles. The number of nitrogens with two attached hydrogens (primary N) is 1. The molecule has 14 heavy (non-hydrogen) atoms. The zero-order valence-electron chi connectivity index (χ0n) is 8.66. The summed E-state index contributed by atoms with van der Waals surface area (Å²) < 4.78 is 0. The second-order valence-electron chi connectivity index (χ2n) is 3.86. The van der Waals surface area contributed by atoms with Gasteiger partial charge in [0.05, 0.1) is 0 Å². The normalized spacial score (nSPS) is 21.1. The van der Waals surface area contributed by atoms with E-state index in [4.69, 9.17) is 5.73 Å². The Balaban J connectivity index is 0.000000980. The first-order chi connectivity index (χ1) is 6.18. The molecule has 0 radical (unpaired) electrons. The van der Waals surface area contributed by atoms with Crippen molar-refractivity contribution in [3.63, 3.8) is 0 Å². The van der Waals surface area contributed by atoms with Crippen LogP contribution >= 0.6 is 17.0 Å². The van der Waals surface area contributed by atoms with Crippen LogP contribution in [0.3, 0.4) is 0 Å². The summed E-state index contributed by atoms with van der Waals surface area (Å²) in [5, 5.41) is 0. The largest absolute Gasteiger partial charge is 0.399 e. The van der Waals surface area contributed by atoms with E-state index < -0.39 is 0 Å². The molecular formula is C11H17BrN2. The number of rotatable bonds is 0. The van der Waals surface area contributed by atoms with Crippen molar-refractivity contribution < 1.29 is 0 Å². The highest BCUT2D eigenvalue weighted by atomic mass is 79.9. The van der Waals surface area contributed by atoms with Crippen molar-refractivity contribution in [3.8, 4) is 0 Å². The number of fused-ring (bicyclic) bond motifs is 1. The van der Waals surface area contributed by atoms with Crippen molar-refractivity contribution in [2.24, 2.45) is 0 Å². The van der Waals surface area contributed by atoms with Gasteiger partial charge in [0, 0.05) is 18.3 Å². The maximum atomic E-state index is 5.75. The van der Waals surface area contributed by atoms with Gasteiger partial charge in [-0.3, -0.25) is 4.90 Å². The molecule has 1 aromatic carbocycles.